The van der Waals surface area contributed by atoms with Gasteiger partial charge in [-0.25, -0.2) is 4.39 Å². The van der Waals surface area contributed by atoms with E-state index < -0.39 is 0 Å². The summed E-state index contributed by atoms with van der Waals surface area (Å²) in [5.74, 6) is -0.276. The smallest absolute Gasteiger partial charge is 0.123 e. The van der Waals surface area contributed by atoms with Crippen molar-refractivity contribution in [2.45, 2.75) is 12.3 Å². The molecule has 0 aliphatic rings. The highest BCUT2D eigenvalue weighted by atomic mass is 35.5. The summed E-state index contributed by atoms with van der Waals surface area (Å²) in [6.45, 7) is 0.403. The first kappa shape index (κ1) is 14.3. The molecule has 0 heterocycles. The summed E-state index contributed by atoms with van der Waals surface area (Å²) in [5, 5.41) is 1.19. The van der Waals surface area contributed by atoms with Gasteiger partial charge in [0.2, 0.25) is 0 Å². The SMILES string of the molecule is NCC(Cc1cccc(F)c1)c1c(Cl)cccc1Cl. The molecule has 2 N–H and O–H groups in total. The summed E-state index contributed by atoms with van der Waals surface area (Å²) >= 11 is 12.4. The Bertz CT molecular complexity index is 552. The minimum Gasteiger partial charge on any atom is -0.330 e. The van der Waals surface area contributed by atoms with Crippen LogP contribution in [-0.2, 0) is 6.42 Å². The number of halogens is 3. The van der Waals surface area contributed by atoms with Crippen LogP contribution in [0.1, 0.15) is 17.0 Å². The summed E-state index contributed by atoms with van der Waals surface area (Å²) in [6.07, 6.45) is 0.609. The molecule has 0 aliphatic carbocycles. The molecule has 0 aliphatic heterocycles. The van der Waals surface area contributed by atoms with Crippen LogP contribution in [0.3, 0.4) is 0 Å². The van der Waals surface area contributed by atoms with Gasteiger partial charge in [0, 0.05) is 16.0 Å². The zero-order valence-electron chi connectivity index (χ0n) is 10.2. The molecule has 0 spiro atoms. The molecule has 0 bridgehead atoms. The average Bonchev–Trinajstić information content (AvgIpc) is 2.37. The lowest BCUT2D eigenvalue weighted by molar-refractivity contribution is 0.621. The second-order valence-electron chi connectivity index (χ2n) is 4.40. The van der Waals surface area contributed by atoms with Crippen molar-refractivity contribution in [3.05, 3.63) is 69.5 Å². The van der Waals surface area contributed by atoms with E-state index in [1.807, 2.05) is 6.07 Å². The zero-order valence-corrected chi connectivity index (χ0v) is 11.8. The van der Waals surface area contributed by atoms with E-state index in [-0.39, 0.29) is 11.7 Å². The van der Waals surface area contributed by atoms with Gasteiger partial charge in [0.15, 0.2) is 0 Å². The third-order valence-corrected chi connectivity index (χ3v) is 3.72. The molecule has 1 nitrogen and oxygen atoms in total. The first-order valence-corrected chi connectivity index (χ1v) is 6.76. The molecule has 0 aromatic heterocycles. The fourth-order valence-corrected chi connectivity index (χ4v) is 2.86. The monoisotopic (exact) mass is 297 g/mol. The summed E-state index contributed by atoms with van der Waals surface area (Å²) in [4.78, 5) is 0. The summed E-state index contributed by atoms with van der Waals surface area (Å²) in [5.41, 5.74) is 7.53. The van der Waals surface area contributed by atoms with E-state index in [2.05, 4.69) is 0 Å². The molecule has 19 heavy (non-hydrogen) atoms. The largest absolute Gasteiger partial charge is 0.330 e. The molecule has 2 aromatic rings. The van der Waals surface area contributed by atoms with Crippen LogP contribution in [-0.4, -0.2) is 6.54 Å². The molecule has 0 saturated heterocycles. The van der Waals surface area contributed by atoms with E-state index in [4.69, 9.17) is 28.9 Å². The minimum atomic E-state index is -0.251. The lowest BCUT2D eigenvalue weighted by Crippen LogP contribution is -2.16. The zero-order chi connectivity index (χ0) is 13.8. The van der Waals surface area contributed by atoms with Crippen molar-refractivity contribution in [1.29, 1.82) is 0 Å². The van der Waals surface area contributed by atoms with Gasteiger partial charge in [-0.05, 0) is 48.4 Å². The summed E-state index contributed by atoms with van der Waals surface area (Å²) < 4.78 is 13.2. The molecule has 100 valence electrons. The van der Waals surface area contributed by atoms with Crippen LogP contribution in [0, 0.1) is 5.82 Å². The van der Waals surface area contributed by atoms with Crippen molar-refractivity contribution in [2.24, 2.45) is 5.73 Å². The third-order valence-electron chi connectivity index (χ3n) is 3.06. The number of nitrogens with two attached hydrogens (primary N) is 1. The molecule has 0 fully saturated rings. The quantitative estimate of drug-likeness (QED) is 0.888. The second kappa shape index (κ2) is 6.38. The van der Waals surface area contributed by atoms with Gasteiger partial charge in [-0.3, -0.25) is 0 Å². The van der Waals surface area contributed by atoms with Crippen molar-refractivity contribution >= 4 is 23.2 Å². The number of rotatable bonds is 4. The molecule has 2 rings (SSSR count). The van der Waals surface area contributed by atoms with Crippen molar-refractivity contribution in [2.75, 3.05) is 6.54 Å². The Kier molecular flexibility index (Phi) is 4.81. The molecule has 0 amide bonds. The van der Waals surface area contributed by atoms with Crippen LogP contribution in [0.25, 0.3) is 0 Å². The van der Waals surface area contributed by atoms with Gasteiger partial charge >= 0.3 is 0 Å². The minimum absolute atomic E-state index is 0.0250. The van der Waals surface area contributed by atoms with Gasteiger partial charge in [0.05, 0.1) is 0 Å². The fourth-order valence-electron chi connectivity index (χ4n) is 2.15. The van der Waals surface area contributed by atoms with Gasteiger partial charge < -0.3 is 5.73 Å². The Labute approximate surface area is 122 Å². The van der Waals surface area contributed by atoms with Crippen LogP contribution < -0.4 is 5.73 Å². The van der Waals surface area contributed by atoms with E-state index in [1.165, 1.54) is 12.1 Å². The van der Waals surface area contributed by atoms with Gasteiger partial charge in [-0.1, -0.05) is 41.4 Å². The van der Waals surface area contributed by atoms with Gasteiger partial charge in [-0.15, -0.1) is 0 Å². The highest BCUT2D eigenvalue weighted by molar-refractivity contribution is 6.36. The normalized spacial score (nSPS) is 12.4. The maximum Gasteiger partial charge on any atom is 0.123 e. The summed E-state index contributed by atoms with van der Waals surface area (Å²) in [7, 11) is 0. The Morgan fingerprint density at radius 2 is 1.68 bits per heavy atom. The second-order valence-corrected chi connectivity index (χ2v) is 5.22. The van der Waals surface area contributed by atoms with E-state index in [0.717, 1.165) is 11.1 Å². The molecule has 0 radical (unpaired) electrons. The van der Waals surface area contributed by atoms with Crippen molar-refractivity contribution < 1.29 is 4.39 Å². The van der Waals surface area contributed by atoms with Crippen LogP contribution in [0.2, 0.25) is 10.0 Å². The third kappa shape index (κ3) is 3.47. The van der Waals surface area contributed by atoms with E-state index in [9.17, 15) is 4.39 Å². The first-order chi connectivity index (χ1) is 9.11. The number of hydrogen-bond donors (Lipinski definition) is 1. The Morgan fingerprint density at radius 3 is 2.26 bits per heavy atom. The Morgan fingerprint density at radius 1 is 1.05 bits per heavy atom. The lowest BCUT2D eigenvalue weighted by atomic mass is 9.92. The highest BCUT2D eigenvalue weighted by Gasteiger charge is 2.17. The topological polar surface area (TPSA) is 26.0 Å². The number of hydrogen-bond acceptors (Lipinski definition) is 1. The van der Waals surface area contributed by atoms with Gasteiger partial charge in [0.1, 0.15) is 5.82 Å². The van der Waals surface area contributed by atoms with E-state index in [0.29, 0.717) is 23.0 Å². The van der Waals surface area contributed by atoms with E-state index >= 15 is 0 Å². The van der Waals surface area contributed by atoms with Crippen LogP contribution in [0.4, 0.5) is 4.39 Å². The van der Waals surface area contributed by atoms with Crippen molar-refractivity contribution in [3.63, 3.8) is 0 Å². The first-order valence-electron chi connectivity index (χ1n) is 6.00. The molecule has 0 saturated carbocycles. The molecule has 1 unspecified atom stereocenters. The van der Waals surface area contributed by atoms with Crippen molar-refractivity contribution in [3.8, 4) is 0 Å². The van der Waals surface area contributed by atoms with Gasteiger partial charge in [-0.2, -0.15) is 0 Å². The molecule has 2 aromatic carbocycles. The van der Waals surface area contributed by atoms with Crippen LogP contribution >= 0.6 is 23.2 Å². The molecule has 4 heteroatoms. The van der Waals surface area contributed by atoms with Crippen LogP contribution in [0.15, 0.2) is 42.5 Å². The lowest BCUT2D eigenvalue weighted by Gasteiger charge is -2.18. The maximum absolute atomic E-state index is 13.2. The fraction of sp³-hybridized carbons (Fsp3) is 0.200. The molecular weight excluding hydrogens is 284 g/mol. The maximum atomic E-state index is 13.2. The van der Waals surface area contributed by atoms with Crippen molar-refractivity contribution in [1.82, 2.24) is 0 Å². The Hall–Kier alpha value is -1.09. The predicted molar refractivity (Wildman–Crippen MR) is 78.4 cm³/mol. The number of benzene rings is 2. The molecular formula is C15H14Cl2FN. The van der Waals surface area contributed by atoms with Gasteiger partial charge in [0.25, 0.3) is 0 Å². The highest BCUT2D eigenvalue weighted by Crippen LogP contribution is 2.33. The Balaban J connectivity index is 2.30. The standard InChI is InChI=1S/C15H14Cl2FN/c16-13-5-2-6-14(17)15(13)11(9-19)7-10-3-1-4-12(18)8-10/h1-6,8,11H,7,9,19H2. The van der Waals surface area contributed by atoms with Crippen LogP contribution in [0.5, 0.6) is 0 Å². The predicted octanol–water partition coefficient (Wildman–Crippen LogP) is 4.42. The molecule has 1 atom stereocenters. The van der Waals surface area contributed by atoms with E-state index in [1.54, 1.807) is 24.3 Å². The summed E-state index contributed by atoms with van der Waals surface area (Å²) in [6, 6.07) is 11.9. The average molecular weight is 298 g/mol.